The first-order valence-corrected chi connectivity index (χ1v) is 6.54. The molecule has 4 heteroatoms. The van der Waals surface area contributed by atoms with Gasteiger partial charge in [-0.25, -0.2) is 0 Å². The number of hydrogen-bond donors (Lipinski definition) is 2. The molecule has 19 heavy (non-hydrogen) atoms. The van der Waals surface area contributed by atoms with E-state index in [-0.39, 0.29) is 6.04 Å². The Kier molecular flexibility index (Phi) is 4.02. The summed E-state index contributed by atoms with van der Waals surface area (Å²) in [6, 6.07) is 8.63. The number of aromatic nitrogens is 2. The van der Waals surface area contributed by atoms with Gasteiger partial charge in [-0.15, -0.1) is 0 Å². The van der Waals surface area contributed by atoms with Gasteiger partial charge in [-0.3, -0.25) is 16.0 Å². The zero-order valence-corrected chi connectivity index (χ0v) is 12.1. The number of hydrazine groups is 1. The van der Waals surface area contributed by atoms with E-state index in [9.17, 15) is 0 Å². The smallest absolute Gasteiger partial charge is 0.0813 e. The fourth-order valence-electron chi connectivity index (χ4n) is 2.25. The second-order valence-corrected chi connectivity index (χ2v) is 5.19. The van der Waals surface area contributed by atoms with E-state index in [1.807, 2.05) is 18.7 Å². The van der Waals surface area contributed by atoms with E-state index >= 15 is 0 Å². The standard InChI is InChI=1S/C15H22N4/c1-10-5-6-11(2)13(7-10)9-14(17-16)15-8-12(3)19(4)18-15/h5-8,14,17H,9,16H2,1-4H3. The lowest BCUT2D eigenvalue weighted by molar-refractivity contribution is 0.528. The average Bonchev–Trinajstić information content (AvgIpc) is 2.70. The van der Waals surface area contributed by atoms with Crippen LogP contribution in [0.1, 0.15) is 34.1 Å². The van der Waals surface area contributed by atoms with E-state index in [0.29, 0.717) is 0 Å². The fourth-order valence-corrected chi connectivity index (χ4v) is 2.25. The molecule has 2 aromatic rings. The summed E-state index contributed by atoms with van der Waals surface area (Å²) in [5, 5.41) is 4.50. The molecular formula is C15H22N4. The van der Waals surface area contributed by atoms with Crippen molar-refractivity contribution in [2.45, 2.75) is 33.2 Å². The zero-order chi connectivity index (χ0) is 14.0. The highest BCUT2D eigenvalue weighted by Gasteiger charge is 2.15. The first-order valence-electron chi connectivity index (χ1n) is 6.54. The highest BCUT2D eigenvalue weighted by atomic mass is 15.3. The van der Waals surface area contributed by atoms with Gasteiger partial charge in [0.1, 0.15) is 0 Å². The molecule has 0 radical (unpaired) electrons. The third-order valence-electron chi connectivity index (χ3n) is 3.62. The van der Waals surface area contributed by atoms with E-state index < -0.39 is 0 Å². The largest absolute Gasteiger partial charge is 0.273 e. The normalized spacial score (nSPS) is 12.7. The molecule has 1 aromatic carbocycles. The van der Waals surface area contributed by atoms with Gasteiger partial charge in [0.05, 0.1) is 11.7 Å². The van der Waals surface area contributed by atoms with Crippen molar-refractivity contribution in [1.82, 2.24) is 15.2 Å². The second kappa shape index (κ2) is 5.55. The molecule has 1 atom stereocenters. The van der Waals surface area contributed by atoms with Gasteiger partial charge in [0.25, 0.3) is 0 Å². The summed E-state index contributed by atoms with van der Waals surface area (Å²) < 4.78 is 1.88. The van der Waals surface area contributed by atoms with E-state index in [2.05, 4.69) is 48.6 Å². The molecule has 1 unspecified atom stereocenters. The van der Waals surface area contributed by atoms with Gasteiger partial charge in [-0.2, -0.15) is 5.10 Å². The molecule has 2 rings (SSSR count). The molecule has 0 bridgehead atoms. The van der Waals surface area contributed by atoms with Crippen LogP contribution in [0.2, 0.25) is 0 Å². The first-order chi connectivity index (χ1) is 9.01. The van der Waals surface area contributed by atoms with Crippen molar-refractivity contribution >= 4 is 0 Å². The third kappa shape index (κ3) is 3.03. The predicted octanol–water partition coefficient (Wildman–Crippen LogP) is 2.09. The van der Waals surface area contributed by atoms with Crippen LogP contribution in [0.15, 0.2) is 24.3 Å². The quantitative estimate of drug-likeness (QED) is 0.652. The van der Waals surface area contributed by atoms with Crippen molar-refractivity contribution in [3.8, 4) is 0 Å². The number of nitrogens with two attached hydrogens (primary N) is 1. The van der Waals surface area contributed by atoms with Gasteiger partial charge in [-0.1, -0.05) is 23.8 Å². The molecule has 1 aromatic heterocycles. The zero-order valence-electron chi connectivity index (χ0n) is 12.1. The Hall–Kier alpha value is -1.65. The van der Waals surface area contributed by atoms with Crippen molar-refractivity contribution in [2.75, 3.05) is 0 Å². The minimum Gasteiger partial charge on any atom is -0.273 e. The Labute approximate surface area is 114 Å². The van der Waals surface area contributed by atoms with Crippen LogP contribution in [0.3, 0.4) is 0 Å². The van der Waals surface area contributed by atoms with E-state index in [1.54, 1.807) is 0 Å². The van der Waals surface area contributed by atoms with Crippen LogP contribution in [-0.4, -0.2) is 9.78 Å². The third-order valence-corrected chi connectivity index (χ3v) is 3.62. The van der Waals surface area contributed by atoms with Gasteiger partial charge in [0.15, 0.2) is 0 Å². The molecule has 0 aliphatic carbocycles. The summed E-state index contributed by atoms with van der Waals surface area (Å²) in [6.07, 6.45) is 0.848. The van der Waals surface area contributed by atoms with Crippen LogP contribution in [0.5, 0.6) is 0 Å². The number of rotatable bonds is 4. The Morgan fingerprint density at radius 3 is 2.58 bits per heavy atom. The Bertz CT molecular complexity index is 552. The Balaban J connectivity index is 2.26. The Morgan fingerprint density at radius 2 is 2.00 bits per heavy atom. The molecule has 4 nitrogen and oxygen atoms in total. The molecule has 0 aliphatic heterocycles. The van der Waals surface area contributed by atoms with Crippen LogP contribution in [0.25, 0.3) is 0 Å². The number of nitrogens with zero attached hydrogens (tertiary/aromatic N) is 2. The summed E-state index contributed by atoms with van der Waals surface area (Å²) >= 11 is 0. The van der Waals surface area contributed by atoms with Crippen molar-refractivity contribution in [3.05, 3.63) is 52.3 Å². The SMILES string of the molecule is Cc1ccc(C)c(CC(NN)c2cc(C)n(C)n2)c1. The molecule has 0 saturated carbocycles. The fraction of sp³-hybridized carbons (Fsp3) is 0.400. The molecule has 1 heterocycles. The maximum atomic E-state index is 5.70. The summed E-state index contributed by atoms with van der Waals surface area (Å²) in [6.45, 7) is 6.28. The van der Waals surface area contributed by atoms with Crippen molar-refractivity contribution in [3.63, 3.8) is 0 Å². The van der Waals surface area contributed by atoms with Gasteiger partial charge in [0, 0.05) is 12.7 Å². The molecule has 0 saturated heterocycles. The maximum absolute atomic E-state index is 5.70. The lowest BCUT2D eigenvalue weighted by Gasteiger charge is -2.15. The average molecular weight is 258 g/mol. The maximum Gasteiger partial charge on any atom is 0.0813 e. The van der Waals surface area contributed by atoms with Crippen molar-refractivity contribution in [2.24, 2.45) is 12.9 Å². The highest BCUT2D eigenvalue weighted by molar-refractivity contribution is 5.32. The number of nitrogens with one attached hydrogen (secondary N) is 1. The molecular weight excluding hydrogens is 236 g/mol. The van der Waals surface area contributed by atoms with Crippen LogP contribution in [-0.2, 0) is 13.5 Å². The summed E-state index contributed by atoms with van der Waals surface area (Å²) in [7, 11) is 1.95. The van der Waals surface area contributed by atoms with Gasteiger partial charge in [-0.05, 0) is 44.4 Å². The minimum absolute atomic E-state index is 0.0420. The van der Waals surface area contributed by atoms with Crippen LogP contribution in [0, 0.1) is 20.8 Å². The lowest BCUT2D eigenvalue weighted by atomic mass is 9.98. The summed E-state index contributed by atoms with van der Waals surface area (Å²) in [5.41, 5.74) is 8.88. The van der Waals surface area contributed by atoms with Crippen LogP contribution >= 0.6 is 0 Å². The van der Waals surface area contributed by atoms with Crippen LogP contribution in [0.4, 0.5) is 0 Å². The monoisotopic (exact) mass is 258 g/mol. The van der Waals surface area contributed by atoms with E-state index in [0.717, 1.165) is 17.8 Å². The van der Waals surface area contributed by atoms with Crippen LogP contribution < -0.4 is 11.3 Å². The minimum atomic E-state index is 0.0420. The first kappa shape index (κ1) is 13.8. The number of benzene rings is 1. The molecule has 0 spiro atoms. The van der Waals surface area contributed by atoms with Gasteiger partial charge < -0.3 is 0 Å². The highest BCUT2D eigenvalue weighted by Crippen LogP contribution is 2.20. The second-order valence-electron chi connectivity index (χ2n) is 5.19. The van der Waals surface area contributed by atoms with E-state index in [1.165, 1.54) is 16.7 Å². The lowest BCUT2D eigenvalue weighted by Crippen LogP contribution is -2.30. The Morgan fingerprint density at radius 1 is 1.26 bits per heavy atom. The molecule has 0 fully saturated rings. The molecule has 0 aliphatic rings. The molecule has 3 N–H and O–H groups in total. The van der Waals surface area contributed by atoms with E-state index in [4.69, 9.17) is 5.84 Å². The van der Waals surface area contributed by atoms with Gasteiger partial charge in [0.2, 0.25) is 0 Å². The summed E-state index contributed by atoms with van der Waals surface area (Å²) in [4.78, 5) is 0. The number of hydrogen-bond acceptors (Lipinski definition) is 3. The topological polar surface area (TPSA) is 55.9 Å². The van der Waals surface area contributed by atoms with Crippen molar-refractivity contribution < 1.29 is 0 Å². The van der Waals surface area contributed by atoms with Crippen molar-refractivity contribution in [1.29, 1.82) is 0 Å². The van der Waals surface area contributed by atoms with Gasteiger partial charge >= 0.3 is 0 Å². The molecule has 102 valence electrons. The number of aryl methyl sites for hydroxylation is 4. The predicted molar refractivity (Wildman–Crippen MR) is 77.6 cm³/mol. The summed E-state index contributed by atoms with van der Waals surface area (Å²) in [5.74, 6) is 5.70. The molecule has 0 amide bonds.